The van der Waals surface area contributed by atoms with E-state index in [2.05, 4.69) is 9.71 Å². The number of nitrogens with one attached hydrogen (secondary N) is 1. The van der Waals surface area contributed by atoms with Gasteiger partial charge in [-0.05, 0) is 60.5 Å². The van der Waals surface area contributed by atoms with E-state index in [4.69, 9.17) is 9.47 Å². The van der Waals surface area contributed by atoms with Crippen molar-refractivity contribution in [2.45, 2.75) is 25.0 Å². The Hall–Kier alpha value is -2.90. The van der Waals surface area contributed by atoms with Gasteiger partial charge in [0.25, 0.3) is 0 Å². The number of nitrogens with zero attached hydrogens (tertiary/aromatic N) is 1. The van der Waals surface area contributed by atoms with Crippen LogP contribution in [-0.4, -0.2) is 20.5 Å². The maximum atomic E-state index is 12.6. The Balaban J connectivity index is 1.64. The summed E-state index contributed by atoms with van der Waals surface area (Å²) in [6, 6.07) is 17.7. The van der Waals surface area contributed by atoms with Gasteiger partial charge in [0.05, 0.1) is 17.7 Å². The van der Waals surface area contributed by atoms with Gasteiger partial charge in [-0.1, -0.05) is 18.2 Å². The standard InChI is InChI=1S/C21H22N2O4S/c1-16-12-20(9-10-21(16)26-2)28(24,25)23-14-17-6-5-8-19(13-17)27-15-18-7-3-4-11-22-18/h3-13,23H,14-15H2,1-2H3. The molecule has 28 heavy (non-hydrogen) atoms. The van der Waals surface area contributed by atoms with Gasteiger partial charge in [-0.3, -0.25) is 4.98 Å². The van der Waals surface area contributed by atoms with Crippen LogP contribution in [0.3, 0.4) is 0 Å². The van der Waals surface area contributed by atoms with Gasteiger partial charge in [0.2, 0.25) is 10.0 Å². The Morgan fingerprint density at radius 1 is 1.04 bits per heavy atom. The van der Waals surface area contributed by atoms with Crippen molar-refractivity contribution in [3.8, 4) is 11.5 Å². The number of benzene rings is 2. The quantitative estimate of drug-likeness (QED) is 0.629. The van der Waals surface area contributed by atoms with E-state index in [1.165, 1.54) is 6.07 Å². The van der Waals surface area contributed by atoms with Crippen LogP contribution in [0.1, 0.15) is 16.8 Å². The highest BCUT2D eigenvalue weighted by atomic mass is 32.2. The van der Waals surface area contributed by atoms with E-state index < -0.39 is 10.0 Å². The Bertz CT molecular complexity index is 1040. The average molecular weight is 398 g/mol. The van der Waals surface area contributed by atoms with Crippen LogP contribution in [0.15, 0.2) is 71.8 Å². The number of aryl methyl sites for hydroxylation is 1. The van der Waals surface area contributed by atoms with E-state index in [9.17, 15) is 8.42 Å². The summed E-state index contributed by atoms with van der Waals surface area (Å²) in [5.74, 6) is 1.30. The van der Waals surface area contributed by atoms with Gasteiger partial charge in [0.1, 0.15) is 18.1 Å². The molecule has 0 saturated heterocycles. The first kappa shape index (κ1) is 19.9. The molecule has 3 rings (SSSR count). The number of aromatic nitrogens is 1. The molecule has 1 N–H and O–H groups in total. The molecule has 0 atom stereocenters. The second-order valence-electron chi connectivity index (χ2n) is 6.21. The van der Waals surface area contributed by atoms with Crippen molar-refractivity contribution in [1.82, 2.24) is 9.71 Å². The minimum atomic E-state index is -3.63. The zero-order valence-electron chi connectivity index (χ0n) is 15.8. The number of pyridine rings is 1. The maximum absolute atomic E-state index is 12.6. The smallest absolute Gasteiger partial charge is 0.240 e. The number of hydrogen-bond donors (Lipinski definition) is 1. The fourth-order valence-electron chi connectivity index (χ4n) is 2.67. The summed E-state index contributed by atoms with van der Waals surface area (Å²) in [6.45, 7) is 2.32. The summed E-state index contributed by atoms with van der Waals surface area (Å²) in [6.07, 6.45) is 1.71. The van der Waals surface area contributed by atoms with Crippen LogP contribution in [0, 0.1) is 6.92 Å². The third kappa shape index (κ3) is 5.09. The second-order valence-corrected chi connectivity index (χ2v) is 7.98. The van der Waals surface area contributed by atoms with Crippen LogP contribution in [0.25, 0.3) is 0 Å². The highest BCUT2D eigenvalue weighted by molar-refractivity contribution is 7.89. The minimum Gasteiger partial charge on any atom is -0.496 e. The predicted octanol–water partition coefficient (Wildman–Crippen LogP) is 3.46. The molecule has 0 bridgehead atoms. The summed E-state index contributed by atoms with van der Waals surface area (Å²) in [7, 11) is -2.08. The van der Waals surface area contributed by atoms with Gasteiger partial charge in [0.15, 0.2) is 0 Å². The van der Waals surface area contributed by atoms with E-state index in [1.807, 2.05) is 42.5 Å². The Labute approximate surface area is 165 Å². The monoisotopic (exact) mass is 398 g/mol. The fourth-order valence-corrected chi connectivity index (χ4v) is 3.77. The highest BCUT2D eigenvalue weighted by Crippen LogP contribution is 2.21. The van der Waals surface area contributed by atoms with Gasteiger partial charge in [0, 0.05) is 12.7 Å². The van der Waals surface area contributed by atoms with E-state index >= 15 is 0 Å². The van der Waals surface area contributed by atoms with Gasteiger partial charge in [-0.25, -0.2) is 13.1 Å². The lowest BCUT2D eigenvalue weighted by Gasteiger charge is -2.11. The Morgan fingerprint density at radius 3 is 2.61 bits per heavy atom. The molecule has 3 aromatic rings. The molecular formula is C21H22N2O4S. The lowest BCUT2D eigenvalue weighted by molar-refractivity contribution is 0.301. The normalized spacial score (nSPS) is 11.2. The molecule has 0 unspecified atom stereocenters. The van der Waals surface area contributed by atoms with Crippen molar-refractivity contribution in [2.24, 2.45) is 0 Å². The van der Waals surface area contributed by atoms with Crippen molar-refractivity contribution in [1.29, 1.82) is 0 Å². The van der Waals surface area contributed by atoms with E-state index in [0.717, 1.165) is 16.8 Å². The van der Waals surface area contributed by atoms with Gasteiger partial charge >= 0.3 is 0 Å². The Kier molecular flexibility index (Phi) is 6.28. The number of methoxy groups -OCH3 is 1. The molecule has 0 radical (unpaired) electrons. The molecule has 6 nitrogen and oxygen atoms in total. The highest BCUT2D eigenvalue weighted by Gasteiger charge is 2.15. The zero-order chi connectivity index (χ0) is 20.0. The number of sulfonamides is 1. The van der Waals surface area contributed by atoms with Crippen LogP contribution >= 0.6 is 0 Å². The van der Waals surface area contributed by atoms with Gasteiger partial charge in [-0.2, -0.15) is 0 Å². The van der Waals surface area contributed by atoms with Crippen molar-refractivity contribution in [2.75, 3.05) is 7.11 Å². The van der Waals surface area contributed by atoms with Gasteiger partial charge < -0.3 is 9.47 Å². The molecule has 2 aromatic carbocycles. The predicted molar refractivity (Wildman–Crippen MR) is 107 cm³/mol. The first-order valence-corrected chi connectivity index (χ1v) is 10.2. The van der Waals surface area contributed by atoms with Crippen LogP contribution in [0.4, 0.5) is 0 Å². The van der Waals surface area contributed by atoms with Crippen LogP contribution in [0.5, 0.6) is 11.5 Å². The Morgan fingerprint density at radius 2 is 1.89 bits per heavy atom. The van der Waals surface area contributed by atoms with E-state index in [1.54, 1.807) is 32.4 Å². The number of ether oxygens (including phenoxy) is 2. The minimum absolute atomic E-state index is 0.161. The van der Waals surface area contributed by atoms with Crippen molar-refractivity contribution >= 4 is 10.0 Å². The van der Waals surface area contributed by atoms with Crippen LogP contribution in [-0.2, 0) is 23.2 Å². The third-order valence-corrected chi connectivity index (χ3v) is 5.55. The molecular weight excluding hydrogens is 376 g/mol. The van der Waals surface area contributed by atoms with Crippen LogP contribution in [0.2, 0.25) is 0 Å². The number of rotatable bonds is 8. The largest absolute Gasteiger partial charge is 0.496 e. The lowest BCUT2D eigenvalue weighted by Crippen LogP contribution is -2.23. The maximum Gasteiger partial charge on any atom is 0.240 e. The molecule has 0 aliphatic heterocycles. The molecule has 1 aromatic heterocycles. The summed E-state index contributed by atoms with van der Waals surface area (Å²) in [5, 5.41) is 0. The van der Waals surface area contributed by atoms with Crippen molar-refractivity contribution < 1.29 is 17.9 Å². The fraction of sp³-hybridized carbons (Fsp3) is 0.190. The van der Waals surface area contributed by atoms with Gasteiger partial charge in [-0.15, -0.1) is 0 Å². The van der Waals surface area contributed by atoms with E-state index in [-0.39, 0.29) is 11.4 Å². The second kappa shape index (κ2) is 8.86. The zero-order valence-corrected chi connectivity index (χ0v) is 16.6. The third-order valence-electron chi connectivity index (χ3n) is 4.15. The summed E-state index contributed by atoms with van der Waals surface area (Å²) < 4.78 is 38.7. The topological polar surface area (TPSA) is 77.5 Å². The summed E-state index contributed by atoms with van der Waals surface area (Å²) in [4.78, 5) is 4.41. The number of hydrogen-bond acceptors (Lipinski definition) is 5. The first-order chi connectivity index (χ1) is 13.5. The molecule has 7 heteroatoms. The molecule has 0 aliphatic carbocycles. The average Bonchev–Trinajstić information content (AvgIpc) is 2.72. The SMILES string of the molecule is COc1ccc(S(=O)(=O)NCc2cccc(OCc3ccccn3)c2)cc1C. The van der Waals surface area contributed by atoms with Crippen LogP contribution < -0.4 is 14.2 Å². The van der Waals surface area contributed by atoms with Crippen molar-refractivity contribution in [3.05, 3.63) is 83.7 Å². The molecule has 0 amide bonds. The summed E-state index contributed by atoms with van der Waals surface area (Å²) in [5.41, 5.74) is 2.38. The lowest BCUT2D eigenvalue weighted by atomic mass is 10.2. The molecule has 0 spiro atoms. The summed E-state index contributed by atoms with van der Waals surface area (Å²) >= 11 is 0. The molecule has 0 saturated carbocycles. The first-order valence-electron chi connectivity index (χ1n) is 8.74. The van der Waals surface area contributed by atoms with Crippen molar-refractivity contribution in [3.63, 3.8) is 0 Å². The van der Waals surface area contributed by atoms with E-state index in [0.29, 0.717) is 18.1 Å². The molecule has 146 valence electrons. The molecule has 1 heterocycles. The molecule has 0 fully saturated rings. The molecule has 0 aliphatic rings.